The third-order valence-corrected chi connectivity index (χ3v) is 7.11. The normalized spacial score (nSPS) is 11.0. The number of nitrogens with zero attached hydrogens (tertiary/aromatic N) is 2. The molecule has 0 aliphatic carbocycles. The molecule has 2 heterocycles. The van der Waals surface area contributed by atoms with Gasteiger partial charge < -0.3 is 14.8 Å². The number of rotatable bonds is 10. The van der Waals surface area contributed by atoms with Crippen molar-refractivity contribution in [1.82, 2.24) is 9.55 Å². The van der Waals surface area contributed by atoms with Gasteiger partial charge in [-0.15, -0.1) is 11.3 Å². The molecule has 33 heavy (non-hydrogen) atoms. The highest BCUT2D eigenvalue weighted by molar-refractivity contribution is 7.99. The molecule has 0 fully saturated rings. The first-order valence-corrected chi connectivity index (χ1v) is 12.4. The molecule has 1 N–H and O–H groups in total. The molecule has 1 aromatic carbocycles. The first-order valence-electron chi connectivity index (χ1n) is 10.6. The lowest BCUT2D eigenvalue weighted by atomic mass is 10.1. The molecule has 0 saturated heterocycles. The number of aromatic nitrogens is 2. The van der Waals surface area contributed by atoms with Crippen molar-refractivity contribution in [3.05, 3.63) is 50.6 Å². The first kappa shape index (κ1) is 24.9. The largest absolute Gasteiger partial charge is 0.462 e. The average Bonchev–Trinajstić information content (AvgIpc) is 3.07. The zero-order valence-corrected chi connectivity index (χ0v) is 20.7. The number of anilines is 1. The third kappa shape index (κ3) is 5.82. The Bertz CT molecular complexity index is 1220. The Kier molecular flexibility index (Phi) is 8.65. The second-order valence-electron chi connectivity index (χ2n) is 7.26. The molecule has 3 aromatic rings. The van der Waals surface area contributed by atoms with Crippen molar-refractivity contribution in [2.24, 2.45) is 0 Å². The number of hydrogen-bond acceptors (Lipinski definition) is 8. The SMILES string of the molecule is CCOC(=O)c1c(NC(=O)CSc2nc3ccccc3c(=O)n2CCCOC)sc(C)c1C. The summed E-state index contributed by atoms with van der Waals surface area (Å²) >= 11 is 2.52. The van der Waals surface area contributed by atoms with Gasteiger partial charge in [0.05, 0.1) is 28.8 Å². The monoisotopic (exact) mass is 489 g/mol. The Balaban J connectivity index is 1.81. The molecular weight excluding hydrogens is 462 g/mol. The van der Waals surface area contributed by atoms with Crippen molar-refractivity contribution < 1.29 is 19.1 Å². The predicted octanol–water partition coefficient (Wildman–Crippen LogP) is 4.02. The number of benzene rings is 1. The van der Waals surface area contributed by atoms with Crippen molar-refractivity contribution in [1.29, 1.82) is 0 Å². The minimum atomic E-state index is -0.453. The Morgan fingerprint density at radius 3 is 2.73 bits per heavy atom. The second-order valence-corrected chi connectivity index (χ2v) is 9.43. The summed E-state index contributed by atoms with van der Waals surface area (Å²) in [6.45, 7) is 6.67. The highest BCUT2D eigenvalue weighted by Crippen LogP contribution is 2.33. The van der Waals surface area contributed by atoms with Gasteiger partial charge in [0.15, 0.2) is 5.16 Å². The number of thiophene rings is 1. The van der Waals surface area contributed by atoms with E-state index in [1.807, 2.05) is 19.9 Å². The maximum absolute atomic E-state index is 13.0. The van der Waals surface area contributed by atoms with Gasteiger partial charge in [-0.05, 0) is 44.9 Å². The molecule has 2 aromatic heterocycles. The minimum Gasteiger partial charge on any atom is -0.462 e. The van der Waals surface area contributed by atoms with E-state index >= 15 is 0 Å². The Morgan fingerprint density at radius 2 is 2.00 bits per heavy atom. The smallest absolute Gasteiger partial charge is 0.341 e. The van der Waals surface area contributed by atoms with Gasteiger partial charge >= 0.3 is 5.97 Å². The fraction of sp³-hybridized carbons (Fsp3) is 0.391. The highest BCUT2D eigenvalue weighted by atomic mass is 32.2. The molecular formula is C23H27N3O5S2. The van der Waals surface area contributed by atoms with Crippen LogP contribution in [-0.2, 0) is 20.8 Å². The van der Waals surface area contributed by atoms with Crippen LogP contribution in [-0.4, -0.2) is 47.5 Å². The van der Waals surface area contributed by atoms with Gasteiger partial charge in [-0.2, -0.15) is 0 Å². The molecule has 0 aliphatic heterocycles. The van der Waals surface area contributed by atoms with Gasteiger partial charge in [-0.1, -0.05) is 23.9 Å². The molecule has 0 bridgehead atoms. The number of hydrogen-bond donors (Lipinski definition) is 1. The van der Waals surface area contributed by atoms with Gasteiger partial charge in [0.2, 0.25) is 5.91 Å². The van der Waals surface area contributed by atoms with Crippen molar-refractivity contribution in [3.63, 3.8) is 0 Å². The summed E-state index contributed by atoms with van der Waals surface area (Å²) in [5.41, 5.74) is 1.62. The molecule has 0 aliphatic rings. The Hall–Kier alpha value is -2.69. The summed E-state index contributed by atoms with van der Waals surface area (Å²) < 4.78 is 11.8. The van der Waals surface area contributed by atoms with Crippen LogP contribution in [0.2, 0.25) is 0 Å². The number of esters is 1. The van der Waals surface area contributed by atoms with Crippen LogP contribution >= 0.6 is 23.1 Å². The van der Waals surface area contributed by atoms with Crippen LogP contribution in [0.5, 0.6) is 0 Å². The number of aryl methyl sites for hydroxylation is 1. The molecule has 10 heteroatoms. The number of amides is 1. The van der Waals surface area contributed by atoms with Gasteiger partial charge in [0, 0.05) is 25.1 Å². The van der Waals surface area contributed by atoms with Crippen LogP contribution in [0.1, 0.15) is 34.1 Å². The Labute approximate surface area is 200 Å². The van der Waals surface area contributed by atoms with E-state index < -0.39 is 5.97 Å². The zero-order chi connectivity index (χ0) is 24.0. The van der Waals surface area contributed by atoms with E-state index in [0.29, 0.717) is 46.2 Å². The van der Waals surface area contributed by atoms with E-state index in [4.69, 9.17) is 9.47 Å². The number of nitrogens with one attached hydrogen (secondary N) is 1. The lowest BCUT2D eigenvalue weighted by Crippen LogP contribution is -2.25. The van der Waals surface area contributed by atoms with E-state index in [0.717, 1.165) is 10.4 Å². The van der Waals surface area contributed by atoms with Crippen molar-refractivity contribution in [2.75, 3.05) is 31.4 Å². The van der Waals surface area contributed by atoms with E-state index in [-0.39, 0.29) is 23.8 Å². The highest BCUT2D eigenvalue weighted by Gasteiger charge is 2.22. The van der Waals surface area contributed by atoms with Gasteiger partial charge in [0.25, 0.3) is 5.56 Å². The lowest BCUT2D eigenvalue weighted by molar-refractivity contribution is -0.113. The van der Waals surface area contributed by atoms with Crippen LogP contribution in [0, 0.1) is 13.8 Å². The van der Waals surface area contributed by atoms with Gasteiger partial charge in [-0.3, -0.25) is 14.2 Å². The van der Waals surface area contributed by atoms with Crippen molar-refractivity contribution in [3.8, 4) is 0 Å². The number of carbonyl (C=O) groups is 2. The fourth-order valence-electron chi connectivity index (χ4n) is 3.28. The summed E-state index contributed by atoms with van der Waals surface area (Å²) in [5.74, 6) is -0.712. The van der Waals surface area contributed by atoms with Gasteiger partial charge in [-0.25, -0.2) is 9.78 Å². The third-order valence-electron chi connectivity index (χ3n) is 5.01. The van der Waals surface area contributed by atoms with Crippen LogP contribution in [0.25, 0.3) is 10.9 Å². The number of ether oxygens (including phenoxy) is 2. The molecule has 0 saturated carbocycles. The quantitative estimate of drug-likeness (QED) is 0.199. The number of thioether (sulfide) groups is 1. The van der Waals surface area contributed by atoms with Crippen molar-refractivity contribution in [2.45, 2.75) is 38.9 Å². The fourth-order valence-corrected chi connectivity index (χ4v) is 5.17. The molecule has 3 rings (SSSR count). The summed E-state index contributed by atoms with van der Waals surface area (Å²) in [6.07, 6.45) is 0.646. The topological polar surface area (TPSA) is 99.5 Å². The zero-order valence-electron chi connectivity index (χ0n) is 19.1. The number of carbonyl (C=O) groups excluding carboxylic acids is 2. The standard InChI is InChI=1S/C23H27N3O5S2/c1-5-31-22(29)19-14(2)15(3)33-20(19)25-18(27)13-32-23-24-17-10-7-6-9-16(17)21(28)26(23)11-8-12-30-4/h6-7,9-10H,5,8,11-13H2,1-4H3,(H,25,27). The molecule has 176 valence electrons. The van der Waals surface area contributed by atoms with E-state index in [2.05, 4.69) is 10.3 Å². The van der Waals surface area contributed by atoms with Crippen LogP contribution < -0.4 is 10.9 Å². The maximum Gasteiger partial charge on any atom is 0.341 e. The first-order chi connectivity index (χ1) is 15.9. The lowest BCUT2D eigenvalue weighted by Gasteiger charge is -2.13. The Morgan fingerprint density at radius 1 is 1.24 bits per heavy atom. The molecule has 8 nitrogen and oxygen atoms in total. The van der Waals surface area contributed by atoms with Crippen molar-refractivity contribution >= 4 is 50.9 Å². The summed E-state index contributed by atoms with van der Waals surface area (Å²) in [6, 6.07) is 7.15. The summed E-state index contributed by atoms with van der Waals surface area (Å²) in [5, 5.41) is 4.30. The molecule has 0 spiro atoms. The maximum atomic E-state index is 13.0. The molecule has 0 unspecified atom stereocenters. The van der Waals surface area contributed by atoms with E-state index in [9.17, 15) is 14.4 Å². The number of para-hydroxylation sites is 1. The van der Waals surface area contributed by atoms with E-state index in [1.165, 1.54) is 23.1 Å². The summed E-state index contributed by atoms with van der Waals surface area (Å²) in [4.78, 5) is 43.7. The number of fused-ring (bicyclic) bond motifs is 1. The predicted molar refractivity (Wildman–Crippen MR) is 132 cm³/mol. The molecule has 0 radical (unpaired) electrons. The van der Waals surface area contributed by atoms with E-state index in [1.54, 1.807) is 36.8 Å². The molecule has 0 atom stereocenters. The molecule has 1 amide bonds. The van der Waals surface area contributed by atoms with Gasteiger partial charge in [0.1, 0.15) is 5.00 Å². The van der Waals surface area contributed by atoms with Crippen LogP contribution in [0.4, 0.5) is 5.00 Å². The second kappa shape index (κ2) is 11.4. The minimum absolute atomic E-state index is 0.0350. The average molecular weight is 490 g/mol. The number of methoxy groups -OCH3 is 1. The van der Waals surface area contributed by atoms with Crippen LogP contribution in [0.3, 0.4) is 0 Å². The van der Waals surface area contributed by atoms with Crippen LogP contribution in [0.15, 0.2) is 34.2 Å². The summed E-state index contributed by atoms with van der Waals surface area (Å²) in [7, 11) is 1.61.